The van der Waals surface area contributed by atoms with Crippen molar-refractivity contribution in [3.05, 3.63) is 107 Å². The number of aliphatic hydroxyl groups is 2. The second kappa shape index (κ2) is 18.1. The summed E-state index contributed by atoms with van der Waals surface area (Å²) in [4.78, 5) is 45.8. The van der Waals surface area contributed by atoms with Crippen LogP contribution in [0.15, 0.2) is 96.1 Å². The molecular formula is C45H59N3O7Si. The lowest BCUT2D eigenvalue weighted by molar-refractivity contribution is -0.149. The zero-order chi connectivity index (χ0) is 40.8. The van der Waals surface area contributed by atoms with Gasteiger partial charge < -0.3 is 34.8 Å². The Morgan fingerprint density at radius 3 is 2.38 bits per heavy atom. The summed E-state index contributed by atoms with van der Waals surface area (Å²) in [6, 6.07) is 23.1. The molecular weight excluding hydrogens is 723 g/mol. The Morgan fingerprint density at radius 1 is 1.05 bits per heavy atom. The lowest BCUT2D eigenvalue weighted by Crippen LogP contribution is -2.52. The van der Waals surface area contributed by atoms with Crippen LogP contribution < -0.4 is 20.1 Å². The quantitative estimate of drug-likeness (QED) is 0.109. The SMILES string of the molecule is COc1ccc([Si](C)(C)[C@@H]2[C@@H](CC(=O)N(CCO)Cc3ccccc3)O[C@]3(C(=O)N(C/C=C(\C)CCC=C(C)C)c4ccc(NC(=O)[C@H](C)O)cc43)[C@H]2C)cc1. The van der Waals surface area contributed by atoms with Gasteiger partial charge in [0.1, 0.15) is 11.9 Å². The lowest BCUT2D eigenvalue weighted by atomic mass is 9.82. The van der Waals surface area contributed by atoms with E-state index in [1.165, 1.54) is 12.5 Å². The fraction of sp³-hybridized carbons (Fsp3) is 0.444. The third-order valence-electron chi connectivity index (χ3n) is 11.5. The highest BCUT2D eigenvalue weighted by Gasteiger charge is 2.66. The van der Waals surface area contributed by atoms with Gasteiger partial charge in [-0.05, 0) is 82.0 Å². The molecule has 0 aromatic heterocycles. The Hall–Kier alpha value is -4.55. The lowest BCUT2D eigenvalue weighted by Gasteiger charge is -2.37. The molecule has 5 rings (SSSR count). The van der Waals surface area contributed by atoms with Crippen molar-refractivity contribution in [2.45, 2.75) is 96.9 Å². The molecule has 3 N–H and O–H groups in total. The zero-order valence-corrected chi connectivity index (χ0v) is 35.2. The van der Waals surface area contributed by atoms with Crippen LogP contribution >= 0.6 is 0 Å². The van der Waals surface area contributed by atoms with Gasteiger partial charge in [0, 0.05) is 36.8 Å². The second-order valence-corrected chi connectivity index (χ2v) is 20.8. The van der Waals surface area contributed by atoms with E-state index in [4.69, 9.17) is 9.47 Å². The number of carbonyl (C=O) groups excluding carboxylic acids is 3. The number of methoxy groups -OCH3 is 1. The van der Waals surface area contributed by atoms with E-state index in [-0.39, 0.29) is 42.8 Å². The molecule has 0 unspecified atom stereocenters. The predicted molar refractivity (Wildman–Crippen MR) is 225 cm³/mol. The number of hydrogen-bond acceptors (Lipinski definition) is 7. The molecule has 56 heavy (non-hydrogen) atoms. The van der Waals surface area contributed by atoms with Gasteiger partial charge in [0.05, 0.1) is 40.0 Å². The number of rotatable bonds is 16. The number of nitrogens with one attached hydrogen (secondary N) is 1. The van der Waals surface area contributed by atoms with Gasteiger partial charge in [-0.1, -0.05) is 91.0 Å². The van der Waals surface area contributed by atoms with Gasteiger partial charge in [-0.15, -0.1) is 0 Å². The summed E-state index contributed by atoms with van der Waals surface area (Å²) in [6.45, 7) is 14.9. The van der Waals surface area contributed by atoms with E-state index in [2.05, 4.69) is 70.4 Å². The number of benzene rings is 3. The number of hydrogen-bond donors (Lipinski definition) is 3. The van der Waals surface area contributed by atoms with E-state index < -0.39 is 31.8 Å². The number of nitrogens with zero attached hydrogens (tertiary/aromatic N) is 2. The normalized spacial score (nSPS) is 21.2. The number of carbonyl (C=O) groups is 3. The highest BCUT2D eigenvalue weighted by Crippen LogP contribution is 2.60. The molecule has 0 aliphatic carbocycles. The molecule has 0 bridgehead atoms. The van der Waals surface area contributed by atoms with Gasteiger partial charge in [-0.3, -0.25) is 14.4 Å². The molecule has 3 amide bonds. The smallest absolute Gasteiger partial charge is 0.264 e. The summed E-state index contributed by atoms with van der Waals surface area (Å²) in [5.41, 5.74) is 3.46. The second-order valence-electron chi connectivity index (χ2n) is 16.1. The Bertz CT molecular complexity index is 1920. The van der Waals surface area contributed by atoms with Crippen LogP contribution in [0, 0.1) is 5.92 Å². The third-order valence-corrected chi connectivity index (χ3v) is 15.9. The Balaban J connectivity index is 1.61. The number of anilines is 2. The van der Waals surface area contributed by atoms with Crippen LogP contribution in [0.1, 0.15) is 65.0 Å². The van der Waals surface area contributed by atoms with Crippen molar-refractivity contribution in [1.82, 2.24) is 4.90 Å². The van der Waals surface area contributed by atoms with Crippen molar-refractivity contribution < 1.29 is 34.1 Å². The van der Waals surface area contributed by atoms with Crippen LogP contribution in [0.2, 0.25) is 18.6 Å². The van der Waals surface area contributed by atoms with Crippen LogP contribution in [-0.2, 0) is 31.3 Å². The average molecular weight is 782 g/mol. The van der Waals surface area contributed by atoms with Crippen LogP contribution in [0.4, 0.5) is 11.4 Å². The standard InChI is InChI=1S/C45H59N3O7Si/c1-30(2)13-12-14-31(3)23-24-48-39-22-17-35(46-43(52)33(5)50)27-38(39)45(44(48)53)32(4)42(56(7,8)37-20-18-36(54-6)19-21-37)40(55-45)28-41(51)47(25-26-49)29-34-15-10-9-11-16-34/h9-11,13,15-23,27,32-33,40,42,49-50H,12,14,24-26,28-29H2,1-8H3,(H,46,52)/b31-23+/t32-,33-,40+,42-,45+/m0/s1. The van der Waals surface area contributed by atoms with E-state index in [9.17, 15) is 19.8 Å². The highest BCUT2D eigenvalue weighted by molar-refractivity contribution is 6.91. The zero-order valence-electron chi connectivity index (χ0n) is 34.2. The van der Waals surface area contributed by atoms with Crippen molar-refractivity contribution in [3.8, 4) is 5.75 Å². The molecule has 2 aliphatic heterocycles. The number of allylic oxidation sites excluding steroid dienone is 3. The van der Waals surface area contributed by atoms with E-state index in [1.807, 2.05) is 48.5 Å². The maximum absolute atomic E-state index is 15.3. The number of fused-ring (bicyclic) bond motifs is 2. The highest BCUT2D eigenvalue weighted by atomic mass is 28.3. The molecule has 11 heteroatoms. The van der Waals surface area contributed by atoms with Gasteiger partial charge in [-0.25, -0.2) is 0 Å². The molecule has 1 spiro atoms. The average Bonchev–Trinajstić information content (AvgIpc) is 3.59. The van der Waals surface area contributed by atoms with E-state index >= 15 is 4.79 Å². The van der Waals surface area contributed by atoms with Crippen molar-refractivity contribution >= 4 is 42.4 Å². The van der Waals surface area contributed by atoms with E-state index in [0.717, 1.165) is 34.9 Å². The fourth-order valence-electron chi connectivity index (χ4n) is 8.47. The topological polar surface area (TPSA) is 129 Å². The third kappa shape index (κ3) is 9.02. The monoisotopic (exact) mass is 781 g/mol. The maximum Gasteiger partial charge on any atom is 0.264 e. The fourth-order valence-corrected chi connectivity index (χ4v) is 12.5. The Morgan fingerprint density at radius 2 is 1.75 bits per heavy atom. The summed E-state index contributed by atoms with van der Waals surface area (Å²) >= 11 is 0. The minimum Gasteiger partial charge on any atom is -0.497 e. The summed E-state index contributed by atoms with van der Waals surface area (Å²) in [6.07, 6.45) is 4.21. The number of amides is 3. The number of ether oxygens (including phenoxy) is 2. The van der Waals surface area contributed by atoms with Crippen LogP contribution in [0.25, 0.3) is 0 Å². The van der Waals surface area contributed by atoms with Crippen LogP contribution in [0.5, 0.6) is 5.75 Å². The predicted octanol–water partition coefficient (Wildman–Crippen LogP) is 6.68. The van der Waals surface area contributed by atoms with Gasteiger partial charge in [-0.2, -0.15) is 0 Å². The molecule has 1 saturated heterocycles. The first-order valence-corrected chi connectivity index (χ1v) is 22.7. The minimum absolute atomic E-state index is 0.0145. The van der Waals surface area contributed by atoms with E-state index in [1.54, 1.807) is 29.0 Å². The summed E-state index contributed by atoms with van der Waals surface area (Å²) < 4.78 is 12.7. The molecule has 3 aromatic rings. The van der Waals surface area contributed by atoms with Crippen LogP contribution in [0.3, 0.4) is 0 Å². The van der Waals surface area contributed by atoms with Crippen molar-refractivity contribution in [3.63, 3.8) is 0 Å². The molecule has 300 valence electrons. The molecule has 0 saturated carbocycles. The van der Waals surface area contributed by atoms with Crippen molar-refractivity contribution in [1.29, 1.82) is 0 Å². The first-order valence-electron chi connectivity index (χ1n) is 19.6. The first-order chi connectivity index (χ1) is 26.6. The largest absolute Gasteiger partial charge is 0.497 e. The van der Waals surface area contributed by atoms with Crippen LogP contribution in [-0.4, -0.2) is 79.9 Å². The summed E-state index contributed by atoms with van der Waals surface area (Å²) in [5, 5.41) is 24.0. The summed E-state index contributed by atoms with van der Waals surface area (Å²) in [5.74, 6) is -0.580. The van der Waals surface area contributed by atoms with E-state index in [0.29, 0.717) is 30.0 Å². The summed E-state index contributed by atoms with van der Waals surface area (Å²) in [7, 11) is -0.941. The Labute approximate surface area is 333 Å². The number of aliphatic hydroxyl groups excluding tert-OH is 2. The van der Waals surface area contributed by atoms with Gasteiger partial charge >= 0.3 is 0 Å². The molecule has 3 aromatic carbocycles. The molecule has 2 heterocycles. The van der Waals surface area contributed by atoms with Crippen molar-refractivity contribution in [2.75, 3.05) is 37.0 Å². The maximum atomic E-state index is 15.3. The van der Waals surface area contributed by atoms with Crippen molar-refractivity contribution in [2.24, 2.45) is 5.92 Å². The van der Waals surface area contributed by atoms with Gasteiger partial charge in [0.15, 0.2) is 5.60 Å². The Kier molecular flexibility index (Phi) is 13.8. The molecule has 10 nitrogen and oxygen atoms in total. The van der Waals surface area contributed by atoms with Gasteiger partial charge in [0.2, 0.25) is 5.91 Å². The molecule has 0 radical (unpaired) electrons. The van der Waals surface area contributed by atoms with Gasteiger partial charge in [0.25, 0.3) is 11.8 Å². The molecule has 5 atom stereocenters. The molecule has 2 aliphatic rings. The molecule has 1 fully saturated rings. The first kappa shape index (κ1) is 42.6. The minimum atomic E-state index is -2.58.